The molecule has 2 rings (SSSR count). The number of rotatable bonds is 1. The molecule has 0 N–H and O–H groups in total. The topological polar surface area (TPSA) is 43.4 Å². The highest BCUT2D eigenvalue weighted by Crippen LogP contribution is 2.66. The summed E-state index contributed by atoms with van der Waals surface area (Å²) in [6.07, 6.45) is 0.267. The van der Waals surface area contributed by atoms with E-state index < -0.39 is 5.41 Å². The number of Topliss-reactive ketones (excluding diaryl/α,β-unsaturated/α-hetero) is 1. The van der Waals surface area contributed by atoms with Crippen molar-refractivity contribution >= 4 is 27.7 Å². The lowest BCUT2D eigenvalue weighted by atomic mass is 9.69. The van der Waals surface area contributed by atoms with Crippen LogP contribution in [-0.2, 0) is 14.3 Å². The molecule has 0 aromatic rings. The lowest BCUT2D eigenvalue weighted by molar-refractivity contribution is -0.157. The van der Waals surface area contributed by atoms with Gasteiger partial charge in [0.1, 0.15) is 11.9 Å². The Kier molecular flexibility index (Phi) is 2.50. The van der Waals surface area contributed by atoms with E-state index in [0.717, 1.165) is 0 Å². The van der Waals surface area contributed by atoms with Crippen LogP contribution in [0.15, 0.2) is 0 Å². The van der Waals surface area contributed by atoms with Gasteiger partial charge in [-0.2, -0.15) is 0 Å². The van der Waals surface area contributed by atoms with Crippen LogP contribution in [0.4, 0.5) is 0 Å². The molecule has 0 aromatic heterocycles. The molecule has 0 aromatic carbocycles. The maximum Gasteiger partial charge on any atom is 0.302 e. The van der Waals surface area contributed by atoms with E-state index in [1.165, 1.54) is 6.92 Å². The summed E-state index contributed by atoms with van der Waals surface area (Å²) < 4.78 is 5.36. The highest BCUT2D eigenvalue weighted by Gasteiger charge is 2.71. The molecule has 2 aliphatic carbocycles. The molecule has 2 fully saturated rings. The number of ether oxygens (including phenoxy) is 1. The maximum absolute atomic E-state index is 12.1. The fourth-order valence-electron chi connectivity index (χ4n) is 3.34. The maximum atomic E-state index is 12.1. The van der Waals surface area contributed by atoms with E-state index in [2.05, 4.69) is 29.8 Å². The van der Waals surface area contributed by atoms with Crippen LogP contribution in [0.2, 0.25) is 0 Å². The van der Waals surface area contributed by atoms with Crippen LogP contribution in [0, 0.1) is 16.7 Å². The summed E-state index contributed by atoms with van der Waals surface area (Å²) in [5, 5.41) is 0. The molecule has 0 aliphatic heterocycles. The Bertz CT molecular complexity index is 363. The van der Waals surface area contributed by atoms with E-state index >= 15 is 0 Å². The van der Waals surface area contributed by atoms with Crippen LogP contribution < -0.4 is 0 Å². The second-order valence-electron chi connectivity index (χ2n) is 5.63. The fraction of sp³-hybridized carbons (Fsp3) is 0.833. The van der Waals surface area contributed by atoms with Crippen molar-refractivity contribution in [3.63, 3.8) is 0 Å². The fourth-order valence-corrected chi connectivity index (χ4v) is 4.82. The number of fused-ring (bicyclic) bond motifs is 2. The number of esters is 1. The van der Waals surface area contributed by atoms with Gasteiger partial charge in [-0.25, -0.2) is 0 Å². The molecular weight excluding hydrogens is 272 g/mol. The summed E-state index contributed by atoms with van der Waals surface area (Å²) >= 11 is 3.60. The number of alkyl halides is 1. The van der Waals surface area contributed by atoms with Gasteiger partial charge in [-0.1, -0.05) is 29.8 Å². The van der Waals surface area contributed by atoms with Crippen molar-refractivity contribution in [1.29, 1.82) is 0 Å². The molecule has 2 bridgehead atoms. The molecule has 4 atom stereocenters. The first kappa shape index (κ1) is 12.1. The highest BCUT2D eigenvalue weighted by molar-refractivity contribution is 9.09. The molecule has 2 aliphatic rings. The number of carbonyl (C=O) groups is 2. The first-order chi connectivity index (χ1) is 7.23. The Morgan fingerprint density at radius 2 is 2.00 bits per heavy atom. The van der Waals surface area contributed by atoms with E-state index in [4.69, 9.17) is 4.74 Å². The van der Waals surface area contributed by atoms with Gasteiger partial charge in [0.2, 0.25) is 0 Å². The summed E-state index contributed by atoms with van der Waals surface area (Å²) in [5.41, 5.74) is -0.657. The molecular formula is C12H17BrO3. The Balaban J connectivity index is 2.43. The standard InChI is InChI=1S/C12H17BrO3/c1-6(14)16-10-9(13)7-5-8(15)12(10,4)11(7,2)3/h7,9-10H,5H2,1-4H3. The molecule has 0 heterocycles. The Morgan fingerprint density at radius 1 is 1.44 bits per heavy atom. The summed E-state index contributed by atoms with van der Waals surface area (Å²) in [6, 6.07) is 0. The Hall–Kier alpha value is -0.380. The molecule has 0 saturated heterocycles. The van der Waals surface area contributed by atoms with Crippen molar-refractivity contribution < 1.29 is 14.3 Å². The van der Waals surface area contributed by atoms with Crippen LogP contribution in [0.1, 0.15) is 34.1 Å². The van der Waals surface area contributed by atoms with Gasteiger partial charge in [-0.3, -0.25) is 9.59 Å². The van der Waals surface area contributed by atoms with Crippen molar-refractivity contribution in [3.8, 4) is 0 Å². The molecule has 3 nitrogen and oxygen atoms in total. The van der Waals surface area contributed by atoms with Crippen LogP contribution >= 0.6 is 15.9 Å². The highest BCUT2D eigenvalue weighted by atomic mass is 79.9. The smallest absolute Gasteiger partial charge is 0.302 e. The predicted octanol–water partition coefficient (Wildman–Crippen LogP) is 2.32. The average molecular weight is 289 g/mol. The third kappa shape index (κ3) is 1.19. The summed E-state index contributed by atoms with van der Waals surface area (Å²) in [4.78, 5) is 23.3. The quantitative estimate of drug-likeness (QED) is 0.549. The van der Waals surface area contributed by atoms with E-state index in [9.17, 15) is 9.59 Å². The number of hydrogen-bond donors (Lipinski definition) is 0. The second kappa shape index (κ2) is 3.31. The van der Waals surface area contributed by atoms with Gasteiger partial charge in [0.05, 0.1) is 10.2 Å². The van der Waals surface area contributed by atoms with Gasteiger partial charge in [0.25, 0.3) is 0 Å². The SMILES string of the molecule is CC(=O)OC1C(Br)C2CC(=O)C1(C)C2(C)C. The van der Waals surface area contributed by atoms with E-state index in [-0.39, 0.29) is 34.0 Å². The van der Waals surface area contributed by atoms with Gasteiger partial charge in [-0.05, 0) is 18.3 Å². The Morgan fingerprint density at radius 3 is 2.44 bits per heavy atom. The zero-order valence-corrected chi connectivity index (χ0v) is 11.6. The monoisotopic (exact) mass is 288 g/mol. The van der Waals surface area contributed by atoms with E-state index in [1.54, 1.807) is 0 Å². The van der Waals surface area contributed by atoms with Gasteiger partial charge in [0, 0.05) is 13.3 Å². The number of carbonyl (C=O) groups excluding carboxylic acids is 2. The average Bonchev–Trinajstić information content (AvgIpc) is 2.40. The van der Waals surface area contributed by atoms with Crippen LogP contribution in [0.25, 0.3) is 0 Å². The Labute approximate surface area is 104 Å². The van der Waals surface area contributed by atoms with Gasteiger partial charge in [0.15, 0.2) is 0 Å². The summed E-state index contributed by atoms with van der Waals surface area (Å²) in [5.74, 6) is 0.172. The lowest BCUT2D eigenvalue weighted by Gasteiger charge is -2.36. The van der Waals surface area contributed by atoms with Gasteiger partial charge in [-0.15, -0.1) is 0 Å². The van der Waals surface area contributed by atoms with Crippen LogP contribution in [0.5, 0.6) is 0 Å². The molecule has 2 saturated carbocycles. The minimum atomic E-state index is -0.544. The van der Waals surface area contributed by atoms with Crippen molar-refractivity contribution in [2.24, 2.45) is 16.7 Å². The predicted molar refractivity (Wildman–Crippen MR) is 63.3 cm³/mol. The molecule has 0 amide bonds. The molecule has 0 spiro atoms. The molecule has 90 valence electrons. The zero-order valence-electron chi connectivity index (χ0n) is 10.0. The summed E-state index contributed by atoms with van der Waals surface area (Å²) in [6.45, 7) is 7.53. The molecule has 0 radical (unpaired) electrons. The van der Waals surface area contributed by atoms with Crippen molar-refractivity contribution in [2.45, 2.75) is 45.0 Å². The van der Waals surface area contributed by atoms with Crippen LogP contribution in [-0.4, -0.2) is 22.7 Å². The third-order valence-electron chi connectivity index (χ3n) is 4.79. The minimum Gasteiger partial charge on any atom is -0.460 e. The van der Waals surface area contributed by atoms with Crippen LogP contribution in [0.3, 0.4) is 0 Å². The zero-order chi connectivity index (χ0) is 12.3. The van der Waals surface area contributed by atoms with Gasteiger partial charge >= 0.3 is 5.97 Å². The molecule has 16 heavy (non-hydrogen) atoms. The number of hydrogen-bond acceptors (Lipinski definition) is 3. The first-order valence-electron chi connectivity index (χ1n) is 5.57. The normalized spacial score (nSPS) is 44.8. The van der Waals surface area contributed by atoms with E-state index in [1.807, 2.05) is 6.92 Å². The largest absolute Gasteiger partial charge is 0.460 e. The third-order valence-corrected chi connectivity index (χ3v) is 5.90. The minimum absolute atomic E-state index is 0.0918. The second-order valence-corrected chi connectivity index (χ2v) is 6.69. The lowest BCUT2D eigenvalue weighted by Crippen LogP contribution is -2.46. The van der Waals surface area contributed by atoms with E-state index in [0.29, 0.717) is 6.42 Å². The summed E-state index contributed by atoms with van der Waals surface area (Å²) in [7, 11) is 0. The van der Waals surface area contributed by atoms with Crippen molar-refractivity contribution in [2.75, 3.05) is 0 Å². The molecule has 4 heteroatoms. The van der Waals surface area contributed by atoms with Gasteiger partial charge < -0.3 is 4.74 Å². The first-order valence-corrected chi connectivity index (χ1v) is 6.49. The number of halogens is 1. The van der Waals surface area contributed by atoms with Crippen molar-refractivity contribution in [1.82, 2.24) is 0 Å². The number of ketones is 1. The van der Waals surface area contributed by atoms with Crippen molar-refractivity contribution in [3.05, 3.63) is 0 Å². The molecule has 4 unspecified atom stereocenters.